The van der Waals surface area contributed by atoms with Gasteiger partial charge < -0.3 is 9.84 Å². The highest BCUT2D eigenvalue weighted by Gasteiger charge is 2.09. The number of carboxylic acids is 1. The summed E-state index contributed by atoms with van der Waals surface area (Å²) in [5.74, 6) is -0.572. The summed E-state index contributed by atoms with van der Waals surface area (Å²) in [5, 5.41) is 15.1. The molecule has 0 aliphatic carbocycles. The van der Waals surface area contributed by atoms with Crippen molar-refractivity contribution in [3.8, 4) is 0 Å². The lowest BCUT2D eigenvalue weighted by Crippen LogP contribution is -2.14. The molecule has 0 saturated carbocycles. The van der Waals surface area contributed by atoms with Crippen LogP contribution >= 0.6 is 0 Å². The molecule has 0 aromatic carbocycles. The summed E-state index contributed by atoms with van der Waals surface area (Å²) in [4.78, 5) is 21.7. The molecule has 0 radical (unpaired) electrons. The zero-order valence-corrected chi connectivity index (χ0v) is 10.0. The second-order valence-corrected chi connectivity index (χ2v) is 3.55. The van der Waals surface area contributed by atoms with Crippen LogP contribution in [-0.4, -0.2) is 33.6 Å². The topological polar surface area (TPSA) is 93.5 Å². The van der Waals surface area contributed by atoms with Gasteiger partial charge in [-0.1, -0.05) is 12.7 Å². The number of ether oxygens (including phenoxy) is 1. The molecule has 0 spiro atoms. The molecular weight excluding hydrogens is 238 g/mol. The third kappa shape index (κ3) is 4.28. The van der Waals surface area contributed by atoms with Gasteiger partial charge in [-0.05, 0) is 6.92 Å². The highest BCUT2D eigenvalue weighted by molar-refractivity contribution is 5.83. The maximum Gasteiger partial charge on any atom is 0.413 e. The molecule has 0 aliphatic rings. The first-order chi connectivity index (χ1) is 8.52. The van der Waals surface area contributed by atoms with Crippen LogP contribution in [0, 0.1) is 6.92 Å². The molecule has 98 valence electrons. The van der Waals surface area contributed by atoms with E-state index < -0.39 is 12.1 Å². The molecule has 0 atom stereocenters. The Kier molecular flexibility index (Phi) is 4.91. The van der Waals surface area contributed by atoms with Crippen LogP contribution in [0.25, 0.3) is 0 Å². The third-order valence-electron chi connectivity index (χ3n) is 2.08. The standard InChI is InChI=1S/C11H15N3O4/c1-3-6-18-11(17)12-9-7-8(2)14(13-9)5-4-10(15)16/h3,7H,1,4-6H2,2H3,(H,15,16)(H,12,13,17). The molecule has 1 aromatic rings. The SMILES string of the molecule is C=CCOC(=O)Nc1cc(C)n(CCC(=O)O)n1. The lowest BCUT2D eigenvalue weighted by molar-refractivity contribution is -0.137. The monoisotopic (exact) mass is 253 g/mol. The Labute approximate surface area is 104 Å². The molecule has 0 unspecified atom stereocenters. The summed E-state index contributed by atoms with van der Waals surface area (Å²) < 4.78 is 6.24. The molecule has 18 heavy (non-hydrogen) atoms. The van der Waals surface area contributed by atoms with Gasteiger partial charge in [0.15, 0.2) is 5.82 Å². The molecule has 0 fully saturated rings. The van der Waals surface area contributed by atoms with Crippen molar-refractivity contribution < 1.29 is 19.4 Å². The normalized spacial score (nSPS) is 9.83. The minimum absolute atomic E-state index is 0.0249. The van der Waals surface area contributed by atoms with Gasteiger partial charge in [-0.3, -0.25) is 14.8 Å². The van der Waals surface area contributed by atoms with Gasteiger partial charge in [0.2, 0.25) is 0 Å². The Hall–Kier alpha value is -2.31. The second-order valence-electron chi connectivity index (χ2n) is 3.55. The average Bonchev–Trinajstić information content (AvgIpc) is 2.64. The smallest absolute Gasteiger partial charge is 0.413 e. The van der Waals surface area contributed by atoms with E-state index in [1.807, 2.05) is 0 Å². The molecule has 1 amide bonds. The number of carboxylic acid groups (broad SMARTS) is 1. The van der Waals surface area contributed by atoms with E-state index in [0.717, 1.165) is 5.69 Å². The number of aromatic nitrogens is 2. The number of nitrogens with one attached hydrogen (secondary N) is 1. The molecule has 2 N–H and O–H groups in total. The highest BCUT2D eigenvalue weighted by atomic mass is 16.5. The van der Waals surface area contributed by atoms with Crippen molar-refractivity contribution >= 4 is 17.9 Å². The number of nitrogens with zero attached hydrogens (tertiary/aromatic N) is 2. The van der Waals surface area contributed by atoms with Crippen molar-refractivity contribution in [2.24, 2.45) is 0 Å². The fourth-order valence-electron chi connectivity index (χ4n) is 1.27. The van der Waals surface area contributed by atoms with E-state index in [0.29, 0.717) is 5.82 Å². The van der Waals surface area contributed by atoms with E-state index in [-0.39, 0.29) is 19.6 Å². The number of hydrogen-bond acceptors (Lipinski definition) is 4. The lowest BCUT2D eigenvalue weighted by Gasteiger charge is -2.02. The lowest BCUT2D eigenvalue weighted by atomic mass is 10.4. The summed E-state index contributed by atoms with van der Waals surface area (Å²) >= 11 is 0. The summed E-state index contributed by atoms with van der Waals surface area (Å²) in [6.45, 7) is 5.56. The third-order valence-corrected chi connectivity index (χ3v) is 2.08. The van der Waals surface area contributed by atoms with E-state index in [1.165, 1.54) is 10.8 Å². The number of amides is 1. The molecule has 1 heterocycles. The maximum atomic E-state index is 11.2. The van der Waals surface area contributed by atoms with E-state index in [1.54, 1.807) is 13.0 Å². The number of carbonyl (C=O) groups is 2. The summed E-state index contributed by atoms with van der Waals surface area (Å²) in [5.41, 5.74) is 0.760. The molecule has 0 saturated heterocycles. The van der Waals surface area contributed by atoms with E-state index >= 15 is 0 Å². The predicted molar refractivity (Wildman–Crippen MR) is 64.4 cm³/mol. The van der Waals surface area contributed by atoms with Crippen LogP contribution in [0.2, 0.25) is 0 Å². The molecular formula is C11H15N3O4. The Morgan fingerprint density at radius 3 is 3.00 bits per heavy atom. The van der Waals surface area contributed by atoms with Crippen molar-refractivity contribution in [1.82, 2.24) is 9.78 Å². The predicted octanol–water partition coefficient (Wildman–Crippen LogP) is 1.40. The van der Waals surface area contributed by atoms with Crippen LogP contribution in [0.5, 0.6) is 0 Å². The fourth-order valence-corrected chi connectivity index (χ4v) is 1.27. The van der Waals surface area contributed by atoms with Crippen LogP contribution in [-0.2, 0) is 16.1 Å². The van der Waals surface area contributed by atoms with Crippen molar-refractivity contribution in [2.45, 2.75) is 19.9 Å². The minimum atomic E-state index is -0.898. The van der Waals surface area contributed by atoms with E-state index in [4.69, 9.17) is 9.84 Å². The van der Waals surface area contributed by atoms with Gasteiger partial charge in [-0.2, -0.15) is 5.10 Å². The quantitative estimate of drug-likeness (QED) is 0.747. The van der Waals surface area contributed by atoms with Crippen molar-refractivity contribution in [3.05, 3.63) is 24.4 Å². The number of aryl methyl sites for hydroxylation is 2. The Morgan fingerprint density at radius 1 is 1.67 bits per heavy atom. The zero-order valence-electron chi connectivity index (χ0n) is 10.0. The van der Waals surface area contributed by atoms with Gasteiger partial charge >= 0.3 is 12.1 Å². The van der Waals surface area contributed by atoms with Gasteiger partial charge in [0.25, 0.3) is 0 Å². The fraction of sp³-hybridized carbons (Fsp3) is 0.364. The molecule has 7 heteroatoms. The van der Waals surface area contributed by atoms with Crippen molar-refractivity contribution in [1.29, 1.82) is 0 Å². The summed E-state index contributed by atoms with van der Waals surface area (Å²) in [7, 11) is 0. The van der Waals surface area contributed by atoms with Gasteiger partial charge in [0.1, 0.15) is 6.61 Å². The second kappa shape index (κ2) is 6.43. The van der Waals surface area contributed by atoms with Gasteiger partial charge in [-0.25, -0.2) is 4.79 Å². The number of rotatable bonds is 6. The first-order valence-electron chi connectivity index (χ1n) is 5.34. The van der Waals surface area contributed by atoms with Crippen molar-refractivity contribution in [3.63, 3.8) is 0 Å². The van der Waals surface area contributed by atoms with Crippen LogP contribution < -0.4 is 5.32 Å². The maximum absolute atomic E-state index is 11.2. The Bertz CT molecular complexity index is 453. The first-order valence-corrected chi connectivity index (χ1v) is 5.34. The number of carbonyl (C=O) groups excluding carboxylic acids is 1. The molecule has 0 aliphatic heterocycles. The minimum Gasteiger partial charge on any atom is -0.481 e. The molecule has 7 nitrogen and oxygen atoms in total. The van der Waals surface area contributed by atoms with Crippen molar-refractivity contribution in [2.75, 3.05) is 11.9 Å². The van der Waals surface area contributed by atoms with Crippen LogP contribution in [0.15, 0.2) is 18.7 Å². The van der Waals surface area contributed by atoms with Crippen LogP contribution in [0.3, 0.4) is 0 Å². The van der Waals surface area contributed by atoms with E-state index in [9.17, 15) is 9.59 Å². The van der Waals surface area contributed by atoms with Gasteiger partial charge in [0.05, 0.1) is 13.0 Å². The molecule has 1 rings (SSSR count). The van der Waals surface area contributed by atoms with Gasteiger partial charge in [0, 0.05) is 11.8 Å². The first kappa shape index (κ1) is 13.8. The number of anilines is 1. The largest absolute Gasteiger partial charge is 0.481 e. The average molecular weight is 253 g/mol. The number of aliphatic carboxylic acids is 1. The Morgan fingerprint density at radius 2 is 2.39 bits per heavy atom. The molecule has 0 bridgehead atoms. The Balaban J connectivity index is 2.57. The van der Waals surface area contributed by atoms with Crippen LogP contribution in [0.4, 0.5) is 10.6 Å². The summed E-state index contributed by atoms with van der Waals surface area (Å²) in [6, 6.07) is 1.64. The van der Waals surface area contributed by atoms with Crippen LogP contribution in [0.1, 0.15) is 12.1 Å². The zero-order chi connectivity index (χ0) is 13.5. The van der Waals surface area contributed by atoms with E-state index in [2.05, 4.69) is 17.0 Å². The van der Waals surface area contributed by atoms with Gasteiger partial charge in [-0.15, -0.1) is 0 Å². The summed E-state index contributed by atoms with van der Waals surface area (Å²) in [6.07, 6.45) is 0.803. The number of hydrogen-bond donors (Lipinski definition) is 2. The highest BCUT2D eigenvalue weighted by Crippen LogP contribution is 2.09. The molecule has 1 aromatic heterocycles.